The lowest BCUT2D eigenvalue weighted by Crippen LogP contribution is -2.06. The third-order valence-electron chi connectivity index (χ3n) is 2.82. The van der Waals surface area contributed by atoms with E-state index in [0.717, 1.165) is 35.7 Å². The van der Waals surface area contributed by atoms with Gasteiger partial charge in [0.25, 0.3) is 0 Å². The summed E-state index contributed by atoms with van der Waals surface area (Å²) < 4.78 is 7.06. The van der Waals surface area contributed by atoms with E-state index in [0.29, 0.717) is 6.54 Å². The number of hydrogen-bond acceptors (Lipinski definition) is 4. The first kappa shape index (κ1) is 12.6. The molecule has 0 atom stereocenters. The summed E-state index contributed by atoms with van der Waals surface area (Å²) in [6.45, 7) is 2.54. The molecule has 0 fully saturated rings. The van der Waals surface area contributed by atoms with Crippen molar-refractivity contribution in [3.63, 3.8) is 0 Å². The van der Waals surface area contributed by atoms with Crippen molar-refractivity contribution in [2.24, 2.45) is 5.73 Å². The predicted molar refractivity (Wildman–Crippen MR) is 69.8 cm³/mol. The van der Waals surface area contributed by atoms with E-state index < -0.39 is 0 Å². The first-order valence-electron chi connectivity index (χ1n) is 6.08. The van der Waals surface area contributed by atoms with Crippen LogP contribution in [0.3, 0.4) is 0 Å². The molecule has 0 spiro atoms. The molecule has 1 aromatic heterocycles. The average molecular weight is 246 g/mol. The number of rotatable bonds is 5. The van der Waals surface area contributed by atoms with Crippen LogP contribution < -0.4 is 10.5 Å². The van der Waals surface area contributed by atoms with Crippen LogP contribution in [-0.2, 0) is 13.0 Å². The zero-order chi connectivity index (χ0) is 13.0. The summed E-state index contributed by atoms with van der Waals surface area (Å²) in [5.41, 5.74) is 8.57. The molecule has 2 rings (SSSR count). The lowest BCUT2D eigenvalue weighted by molar-refractivity contribution is 0.414. The van der Waals surface area contributed by atoms with Crippen molar-refractivity contribution in [1.82, 2.24) is 15.0 Å². The Morgan fingerprint density at radius 1 is 1.39 bits per heavy atom. The van der Waals surface area contributed by atoms with Gasteiger partial charge >= 0.3 is 0 Å². The topological polar surface area (TPSA) is 66.0 Å². The molecule has 2 N–H and O–H groups in total. The van der Waals surface area contributed by atoms with E-state index in [9.17, 15) is 0 Å². The van der Waals surface area contributed by atoms with Crippen molar-refractivity contribution in [3.8, 4) is 11.4 Å². The van der Waals surface area contributed by atoms with E-state index in [1.54, 1.807) is 7.11 Å². The van der Waals surface area contributed by atoms with Crippen molar-refractivity contribution >= 4 is 0 Å². The molecule has 5 nitrogen and oxygen atoms in total. The van der Waals surface area contributed by atoms with Gasteiger partial charge in [0.05, 0.1) is 24.2 Å². The lowest BCUT2D eigenvalue weighted by atomic mass is 10.2. The molecule has 96 valence electrons. The Labute approximate surface area is 107 Å². The zero-order valence-corrected chi connectivity index (χ0v) is 10.8. The second-order valence-corrected chi connectivity index (χ2v) is 4.05. The van der Waals surface area contributed by atoms with E-state index in [4.69, 9.17) is 10.5 Å². The number of methoxy groups -OCH3 is 1. The Kier molecular flexibility index (Phi) is 3.94. The fourth-order valence-electron chi connectivity index (χ4n) is 1.93. The maximum absolute atomic E-state index is 5.69. The summed E-state index contributed by atoms with van der Waals surface area (Å²) in [5.74, 6) is 0.805. The fraction of sp³-hybridized carbons (Fsp3) is 0.385. The summed E-state index contributed by atoms with van der Waals surface area (Å²) in [5, 5.41) is 8.31. The van der Waals surface area contributed by atoms with Crippen LogP contribution in [0.25, 0.3) is 5.69 Å². The Balaban J connectivity index is 2.45. The molecule has 0 bridgehead atoms. The number of hydrogen-bond donors (Lipinski definition) is 1. The van der Waals surface area contributed by atoms with E-state index in [1.165, 1.54) is 0 Å². The molecule has 1 aromatic carbocycles. The van der Waals surface area contributed by atoms with Gasteiger partial charge in [0.1, 0.15) is 5.75 Å². The number of ether oxygens (including phenoxy) is 1. The zero-order valence-electron chi connectivity index (χ0n) is 10.8. The van der Waals surface area contributed by atoms with Gasteiger partial charge in [-0.3, -0.25) is 0 Å². The normalized spacial score (nSPS) is 10.6. The highest BCUT2D eigenvalue weighted by Crippen LogP contribution is 2.19. The third kappa shape index (κ3) is 2.36. The SMILES string of the molecule is CCCc1c(CN)nnn1-c1cccc(OC)c1. The van der Waals surface area contributed by atoms with Gasteiger partial charge < -0.3 is 10.5 Å². The van der Waals surface area contributed by atoms with Crippen LogP contribution in [0.5, 0.6) is 5.75 Å². The molecule has 0 aliphatic carbocycles. The first-order valence-corrected chi connectivity index (χ1v) is 6.08. The van der Waals surface area contributed by atoms with Crippen molar-refractivity contribution < 1.29 is 4.74 Å². The predicted octanol–water partition coefficient (Wildman–Crippen LogP) is 1.69. The molecule has 18 heavy (non-hydrogen) atoms. The maximum Gasteiger partial charge on any atom is 0.121 e. The van der Waals surface area contributed by atoms with Crippen LogP contribution in [0.15, 0.2) is 24.3 Å². The van der Waals surface area contributed by atoms with E-state index in [1.807, 2.05) is 28.9 Å². The molecule has 0 amide bonds. The summed E-state index contributed by atoms with van der Waals surface area (Å²) in [4.78, 5) is 0. The van der Waals surface area contributed by atoms with Gasteiger partial charge in [-0.25, -0.2) is 4.68 Å². The molecule has 5 heteroatoms. The first-order chi connectivity index (χ1) is 8.80. The Morgan fingerprint density at radius 2 is 2.22 bits per heavy atom. The Morgan fingerprint density at radius 3 is 2.89 bits per heavy atom. The molecule has 2 aromatic rings. The smallest absolute Gasteiger partial charge is 0.121 e. The minimum absolute atomic E-state index is 0.416. The maximum atomic E-state index is 5.69. The van der Waals surface area contributed by atoms with Gasteiger partial charge in [-0.1, -0.05) is 24.6 Å². The van der Waals surface area contributed by atoms with Gasteiger partial charge in [0.2, 0.25) is 0 Å². The molecular formula is C13H18N4O. The highest BCUT2D eigenvalue weighted by molar-refractivity contribution is 5.40. The van der Waals surface area contributed by atoms with Gasteiger partial charge in [-0.15, -0.1) is 5.10 Å². The van der Waals surface area contributed by atoms with Crippen molar-refractivity contribution in [1.29, 1.82) is 0 Å². The minimum atomic E-state index is 0.416. The van der Waals surface area contributed by atoms with Gasteiger partial charge in [0.15, 0.2) is 0 Å². The van der Waals surface area contributed by atoms with Crippen molar-refractivity contribution in [2.45, 2.75) is 26.3 Å². The monoisotopic (exact) mass is 246 g/mol. The minimum Gasteiger partial charge on any atom is -0.497 e. The van der Waals surface area contributed by atoms with E-state index >= 15 is 0 Å². The van der Waals surface area contributed by atoms with Crippen molar-refractivity contribution in [3.05, 3.63) is 35.7 Å². The number of nitrogens with two attached hydrogens (primary N) is 1. The second-order valence-electron chi connectivity index (χ2n) is 4.05. The molecule has 0 radical (unpaired) electrons. The molecule has 0 saturated carbocycles. The van der Waals surface area contributed by atoms with Crippen molar-refractivity contribution in [2.75, 3.05) is 7.11 Å². The molecule has 0 aliphatic rings. The van der Waals surface area contributed by atoms with E-state index in [2.05, 4.69) is 17.2 Å². The number of nitrogens with zero attached hydrogens (tertiary/aromatic N) is 3. The van der Waals surface area contributed by atoms with Crippen LogP contribution in [0.1, 0.15) is 24.7 Å². The largest absolute Gasteiger partial charge is 0.497 e. The average Bonchev–Trinajstić information content (AvgIpc) is 2.82. The second kappa shape index (κ2) is 5.64. The quantitative estimate of drug-likeness (QED) is 0.871. The van der Waals surface area contributed by atoms with Crippen LogP contribution in [0.2, 0.25) is 0 Å². The molecule has 1 heterocycles. The summed E-state index contributed by atoms with van der Waals surface area (Å²) in [6, 6.07) is 7.77. The fourth-order valence-corrected chi connectivity index (χ4v) is 1.93. The summed E-state index contributed by atoms with van der Waals surface area (Å²) >= 11 is 0. The Bertz CT molecular complexity index is 521. The lowest BCUT2D eigenvalue weighted by Gasteiger charge is -2.08. The third-order valence-corrected chi connectivity index (χ3v) is 2.82. The molecule has 0 saturated heterocycles. The van der Waals surface area contributed by atoms with E-state index in [-0.39, 0.29) is 0 Å². The molecule has 0 unspecified atom stereocenters. The highest BCUT2D eigenvalue weighted by Gasteiger charge is 2.12. The van der Waals surface area contributed by atoms with Crippen LogP contribution in [-0.4, -0.2) is 22.1 Å². The van der Waals surface area contributed by atoms with Crippen LogP contribution in [0.4, 0.5) is 0 Å². The summed E-state index contributed by atoms with van der Waals surface area (Å²) in [7, 11) is 1.65. The van der Waals surface area contributed by atoms with Crippen LogP contribution >= 0.6 is 0 Å². The van der Waals surface area contributed by atoms with Gasteiger partial charge in [-0.05, 0) is 18.6 Å². The number of benzene rings is 1. The standard InChI is InChI=1S/C13H18N4O/c1-3-5-13-12(9-14)15-16-17(13)10-6-4-7-11(8-10)18-2/h4,6-8H,3,5,9,14H2,1-2H3. The van der Waals surface area contributed by atoms with Crippen LogP contribution in [0, 0.1) is 0 Å². The van der Waals surface area contributed by atoms with Gasteiger partial charge in [-0.2, -0.15) is 0 Å². The Hall–Kier alpha value is -1.88. The molecule has 0 aliphatic heterocycles. The highest BCUT2D eigenvalue weighted by atomic mass is 16.5. The molecular weight excluding hydrogens is 228 g/mol. The summed E-state index contributed by atoms with van der Waals surface area (Å²) in [6.07, 6.45) is 1.95. The number of aromatic nitrogens is 3. The van der Waals surface area contributed by atoms with Gasteiger partial charge in [0, 0.05) is 12.6 Å².